The summed E-state index contributed by atoms with van der Waals surface area (Å²) in [4.78, 5) is 2.56. The van der Waals surface area contributed by atoms with E-state index in [2.05, 4.69) is 108 Å². The molecule has 0 radical (unpaired) electrons. The molecule has 0 N–H and O–H groups in total. The molecule has 1 aliphatic heterocycles. The summed E-state index contributed by atoms with van der Waals surface area (Å²) < 4.78 is 0. The van der Waals surface area contributed by atoms with Gasteiger partial charge in [0.2, 0.25) is 0 Å². The van der Waals surface area contributed by atoms with Crippen molar-refractivity contribution in [3.63, 3.8) is 0 Å². The molecule has 3 aliphatic carbocycles. The van der Waals surface area contributed by atoms with Crippen LogP contribution >= 0.6 is 0 Å². The summed E-state index contributed by atoms with van der Waals surface area (Å²) in [6.45, 7) is 4.71. The molecule has 35 heavy (non-hydrogen) atoms. The van der Waals surface area contributed by atoms with Crippen molar-refractivity contribution < 1.29 is 0 Å². The van der Waals surface area contributed by atoms with Crippen LogP contribution in [-0.2, 0) is 0 Å². The summed E-state index contributed by atoms with van der Waals surface area (Å²) in [6, 6.07) is 26.8. The molecule has 3 aromatic rings. The molecule has 0 amide bonds. The van der Waals surface area contributed by atoms with E-state index >= 15 is 0 Å². The van der Waals surface area contributed by atoms with Gasteiger partial charge in [0.05, 0.1) is 6.04 Å². The van der Waals surface area contributed by atoms with Crippen LogP contribution in [0.2, 0.25) is 0 Å². The standard InChI is InChI=1S/C34H29N/c1-23-27-20-19-25(24-11-3-2-4-12-24)21-32(27)31-17-9-10-18-33(31)35(23)34-22-26-13-5-6-14-28(26)29-15-7-8-16-30(29)34/h2-6,8-12,14,16-21,26,34H,1,7,13,15,22H2. The van der Waals surface area contributed by atoms with E-state index in [1.807, 2.05) is 0 Å². The normalized spacial score (nSPS) is 22.2. The zero-order valence-corrected chi connectivity index (χ0v) is 20.0. The van der Waals surface area contributed by atoms with Crippen LogP contribution in [0.5, 0.6) is 0 Å². The molecule has 2 unspecified atom stereocenters. The highest BCUT2D eigenvalue weighted by atomic mass is 15.2. The number of anilines is 1. The van der Waals surface area contributed by atoms with E-state index in [1.165, 1.54) is 39.1 Å². The molecule has 170 valence electrons. The number of rotatable bonds is 2. The van der Waals surface area contributed by atoms with Crippen molar-refractivity contribution >= 4 is 11.4 Å². The molecule has 1 nitrogen and oxygen atoms in total. The lowest BCUT2D eigenvalue weighted by Crippen LogP contribution is -2.42. The van der Waals surface area contributed by atoms with Crippen molar-refractivity contribution in [3.05, 3.63) is 132 Å². The Morgan fingerprint density at radius 2 is 1.66 bits per heavy atom. The molecular formula is C34H29N. The van der Waals surface area contributed by atoms with Gasteiger partial charge in [-0.2, -0.15) is 0 Å². The molecule has 0 spiro atoms. The minimum atomic E-state index is 0.311. The van der Waals surface area contributed by atoms with Gasteiger partial charge in [-0.15, -0.1) is 0 Å². The minimum Gasteiger partial charge on any atom is -0.333 e. The van der Waals surface area contributed by atoms with Crippen molar-refractivity contribution in [2.75, 3.05) is 4.90 Å². The smallest absolute Gasteiger partial charge is 0.0600 e. The van der Waals surface area contributed by atoms with E-state index in [4.69, 9.17) is 6.58 Å². The lowest BCUT2D eigenvalue weighted by atomic mass is 9.70. The molecule has 1 heteroatoms. The van der Waals surface area contributed by atoms with Crippen LogP contribution in [0.4, 0.5) is 5.69 Å². The summed E-state index contributed by atoms with van der Waals surface area (Å²) >= 11 is 0. The van der Waals surface area contributed by atoms with Crippen LogP contribution in [-0.4, -0.2) is 6.04 Å². The molecular weight excluding hydrogens is 422 g/mol. The lowest BCUT2D eigenvalue weighted by Gasteiger charge is -2.46. The fourth-order valence-electron chi connectivity index (χ4n) is 6.57. The molecule has 4 aliphatic rings. The maximum atomic E-state index is 4.71. The third-order valence-corrected chi connectivity index (χ3v) is 8.19. The monoisotopic (exact) mass is 451 g/mol. The van der Waals surface area contributed by atoms with Gasteiger partial charge in [0.15, 0.2) is 0 Å². The van der Waals surface area contributed by atoms with Crippen LogP contribution in [0.15, 0.2) is 126 Å². The van der Waals surface area contributed by atoms with Gasteiger partial charge in [-0.05, 0) is 77.1 Å². The predicted molar refractivity (Wildman–Crippen MR) is 148 cm³/mol. The molecule has 0 saturated heterocycles. The highest BCUT2D eigenvalue weighted by Gasteiger charge is 2.39. The van der Waals surface area contributed by atoms with Gasteiger partial charge in [-0.25, -0.2) is 0 Å². The number of hydrogen-bond donors (Lipinski definition) is 0. The van der Waals surface area contributed by atoms with Gasteiger partial charge in [-0.3, -0.25) is 0 Å². The largest absolute Gasteiger partial charge is 0.333 e. The summed E-state index contributed by atoms with van der Waals surface area (Å²) in [5.74, 6) is 0.595. The second-order valence-electron chi connectivity index (χ2n) is 10.1. The Hall–Kier alpha value is -3.84. The summed E-state index contributed by atoms with van der Waals surface area (Å²) in [5.41, 5.74) is 13.4. The maximum absolute atomic E-state index is 4.71. The molecule has 0 bridgehead atoms. The Bertz CT molecular complexity index is 1460. The number of benzene rings is 3. The second kappa shape index (κ2) is 8.13. The SMILES string of the molecule is C=C1c2ccc(-c3ccccc3)cc2-c2ccccc2N1C1CC2CC=CC=C2C2=C1C=CCC2. The van der Waals surface area contributed by atoms with Gasteiger partial charge < -0.3 is 4.90 Å². The minimum absolute atomic E-state index is 0.311. The molecule has 2 atom stereocenters. The number of allylic oxidation sites excluding steroid dienone is 6. The number of hydrogen-bond acceptors (Lipinski definition) is 1. The Morgan fingerprint density at radius 3 is 2.57 bits per heavy atom. The lowest BCUT2D eigenvalue weighted by molar-refractivity contribution is 0.489. The first kappa shape index (κ1) is 20.5. The summed E-state index contributed by atoms with van der Waals surface area (Å²) in [6.07, 6.45) is 16.3. The fraction of sp³-hybridized carbons (Fsp3) is 0.176. The first-order chi connectivity index (χ1) is 17.3. The molecule has 3 aromatic carbocycles. The first-order valence-corrected chi connectivity index (χ1v) is 12.8. The first-order valence-electron chi connectivity index (χ1n) is 12.8. The highest BCUT2D eigenvalue weighted by molar-refractivity contribution is 6.00. The molecule has 0 aromatic heterocycles. The van der Waals surface area contributed by atoms with Gasteiger partial charge >= 0.3 is 0 Å². The van der Waals surface area contributed by atoms with Crippen molar-refractivity contribution in [2.45, 2.75) is 31.7 Å². The fourth-order valence-corrected chi connectivity index (χ4v) is 6.57. The van der Waals surface area contributed by atoms with Crippen molar-refractivity contribution in [2.24, 2.45) is 5.92 Å². The van der Waals surface area contributed by atoms with E-state index in [-0.39, 0.29) is 0 Å². The second-order valence-corrected chi connectivity index (χ2v) is 10.1. The molecule has 7 rings (SSSR count). The van der Waals surface area contributed by atoms with Crippen LogP contribution < -0.4 is 4.90 Å². The van der Waals surface area contributed by atoms with E-state index in [0.717, 1.165) is 31.4 Å². The van der Waals surface area contributed by atoms with Crippen molar-refractivity contribution in [3.8, 4) is 22.3 Å². The third kappa shape index (κ3) is 3.22. The van der Waals surface area contributed by atoms with Gasteiger partial charge in [0.1, 0.15) is 0 Å². The van der Waals surface area contributed by atoms with Crippen LogP contribution in [0.3, 0.4) is 0 Å². The van der Waals surface area contributed by atoms with Crippen molar-refractivity contribution in [1.82, 2.24) is 0 Å². The van der Waals surface area contributed by atoms with Crippen LogP contribution in [0, 0.1) is 5.92 Å². The zero-order valence-electron chi connectivity index (χ0n) is 20.0. The number of fused-ring (bicyclic) bond motifs is 5. The zero-order chi connectivity index (χ0) is 23.4. The quantitative estimate of drug-likeness (QED) is 0.376. The van der Waals surface area contributed by atoms with E-state index in [9.17, 15) is 0 Å². The van der Waals surface area contributed by atoms with Crippen LogP contribution in [0.25, 0.3) is 28.0 Å². The Balaban J connectivity index is 1.38. The Labute approximate surface area is 208 Å². The van der Waals surface area contributed by atoms with E-state index in [1.54, 1.807) is 11.1 Å². The summed E-state index contributed by atoms with van der Waals surface area (Å²) in [7, 11) is 0. The van der Waals surface area contributed by atoms with Crippen LogP contribution in [0.1, 0.15) is 31.2 Å². The van der Waals surface area contributed by atoms with Gasteiger partial charge in [0, 0.05) is 22.5 Å². The predicted octanol–water partition coefficient (Wildman–Crippen LogP) is 8.73. The van der Waals surface area contributed by atoms with Crippen molar-refractivity contribution in [1.29, 1.82) is 0 Å². The Morgan fingerprint density at radius 1 is 0.800 bits per heavy atom. The third-order valence-electron chi connectivity index (χ3n) is 8.19. The van der Waals surface area contributed by atoms with Gasteiger partial charge in [0.25, 0.3) is 0 Å². The van der Waals surface area contributed by atoms with E-state index < -0.39 is 0 Å². The maximum Gasteiger partial charge on any atom is 0.0600 e. The number of nitrogens with zero attached hydrogens (tertiary/aromatic N) is 1. The van der Waals surface area contributed by atoms with E-state index in [0.29, 0.717) is 12.0 Å². The average Bonchev–Trinajstić information content (AvgIpc) is 2.93. The molecule has 1 heterocycles. The Kier molecular flexibility index (Phi) is 4.77. The summed E-state index contributed by atoms with van der Waals surface area (Å²) in [5, 5.41) is 0. The topological polar surface area (TPSA) is 3.24 Å². The molecule has 0 fully saturated rings. The average molecular weight is 452 g/mol. The molecule has 0 saturated carbocycles. The highest BCUT2D eigenvalue weighted by Crippen LogP contribution is 2.51. The van der Waals surface area contributed by atoms with Gasteiger partial charge in [-0.1, -0.05) is 97.6 Å². The number of para-hydroxylation sites is 1.